The second-order valence-corrected chi connectivity index (χ2v) is 6.09. The summed E-state index contributed by atoms with van der Waals surface area (Å²) in [7, 11) is 0. The summed E-state index contributed by atoms with van der Waals surface area (Å²) < 4.78 is 94.1. The van der Waals surface area contributed by atoms with E-state index >= 15 is 4.39 Å². The van der Waals surface area contributed by atoms with E-state index in [1.165, 1.54) is 6.07 Å². The topological polar surface area (TPSA) is 80.7 Å². The number of carbonyl (C=O) groups is 1. The number of allylic oxidation sites excluding steroid dienone is 2. The van der Waals surface area contributed by atoms with Gasteiger partial charge in [0.15, 0.2) is 5.67 Å². The van der Waals surface area contributed by atoms with Crippen molar-refractivity contribution in [2.24, 2.45) is 0 Å². The van der Waals surface area contributed by atoms with E-state index in [1.807, 2.05) is 0 Å². The van der Waals surface area contributed by atoms with E-state index in [0.717, 1.165) is 12.4 Å². The van der Waals surface area contributed by atoms with Crippen molar-refractivity contribution in [3.8, 4) is 0 Å². The highest BCUT2D eigenvalue weighted by atomic mass is 19.4. The van der Waals surface area contributed by atoms with Gasteiger partial charge in [-0.1, -0.05) is 12.2 Å². The molecule has 0 spiro atoms. The van der Waals surface area contributed by atoms with Crippen molar-refractivity contribution in [3.05, 3.63) is 71.6 Å². The minimum Gasteiger partial charge on any atom is -0.342 e. The fraction of sp³-hybridized carbons (Fsp3) is 0.235. The molecule has 2 unspecified atom stereocenters. The molecule has 6 nitrogen and oxygen atoms in total. The number of nitrogens with zero attached hydrogens (tertiary/aromatic N) is 4. The molecule has 0 radical (unpaired) electrons. The van der Waals surface area contributed by atoms with E-state index in [9.17, 15) is 31.1 Å². The quantitative estimate of drug-likeness (QED) is 0.752. The number of hydrogen-bond acceptors (Lipinski definition) is 5. The zero-order chi connectivity index (χ0) is 22.2. The highest BCUT2D eigenvalue weighted by Crippen LogP contribution is 2.41. The Morgan fingerprint density at radius 2 is 1.80 bits per heavy atom. The maximum atomic E-state index is 15.9. The van der Waals surface area contributed by atoms with Crippen LogP contribution in [0.2, 0.25) is 0 Å². The van der Waals surface area contributed by atoms with Gasteiger partial charge >= 0.3 is 12.4 Å². The van der Waals surface area contributed by atoms with E-state index in [-0.39, 0.29) is 17.7 Å². The molecular formula is C17H10F7N5O. The Balaban J connectivity index is 2.05. The van der Waals surface area contributed by atoms with Crippen LogP contribution in [0.1, 0.15) is 21.7 Å². The Morgan fingerprint density at radius 3 is 2.40 bits per heavy atom. The smallest absolute Gasteiger partial charge is 0.342 e. The van der Waals surface area contributed by atoms with Crippen molar-refractivity contribution < 1.29 is 35.5 Å². The predicted molar refractivity (Wildman–Crippen MR) is 86.4 cm³/mol. The fourth-order valence-electron chi connectivity index (χ4n) is 2.64. The Morgan fingerprint density at radius 1 is 1.07 bits per heavy atom. The number of amides is 1. The lowest BCUT2D eigenvalue weighted by molar-refractivity contribution is -0.141. The molecular weight excluding hydrogens is 423 g/mol. The third-order valence-electron chi connectivity index (χ3n) is 4.10. The van der Waals surface area contributed by atoms with Gasteiger partial charge in [0.25, 0.3) is 5.91 Å². The number of hydrogen-bond donors (Lipinski definition) is 1. The number of nitrogens with one attached hydrogen (secondary N) is 1. The molecule has 1 aliphatic rings. The number of aromatic nitrogens is 4. The van der Waals surface area contributed by atoms with E-state index in [2.05, 4.69) is 25.5 Å². The van der Waals surface area contributed by atoms with Gasteiger partial charge in [0.2, 0.25) is 0 Å². The molecule has 158 valence electrons. The molecule has 0 bridgehead atoms. The van der Waals surface area contributed by atoms with Crippen molar-refractivity contribution >= 4 is 5.91 Å². The summed E-state index contributed by atoms with van der Waals surface area (Å²) in [6.07, 6.45) is -6.16. The van der Waals surface area contributed by atoms with Gasteiger partial charge in [-0.25, -0.2) is 14.4 Å². The molecule has 1 amide bonds. The lowest BCUT2D eigenvalue weighted by Crippen LogP contribution is -2.48. The van der Waals surface area contributed by atoms with Crippen LogP contribution in [0.5, 0.6) is 0 Å². The standard InChI is InChI=1S/C17H10F7N5O/c18-15(12-5-13(17(22,23)24)26-8-25-12)6-10(16(19,20)21)1-2-11(15)29-14(30)9-3-4-27-28-7-9/h1-8,11H,(H,29,30). The molecule has 2 aromatic rings. The van der Waals surface area contributed by atoms with Gasteiger partial charge in [0, 0.05) is 0 Å². The summed E-state index contributed by atoms with van der Waals surface area (Å²) in [6.45, 7) is 0. The molecule has 0 saturated carbocycles. The summed E-state index contributed by atoms with van der Waals surface area (Å²) in [4.78, 5) is 18.7. The summed E-state index contributed by atoms with van der Waals surface area (Å²) in [5.41, 5.74) is -7.35. The van der Waals surface area contributed by atoms with Crippen LogP contribution in [0, 0.1) is 0 Å². The first-order valence-corrected chi connectivity index (χ1v) is 8.06. The molecule has 30 heavy (non-hydrogen) atoms. The zero-order valence-corrected chi connectivity index (χ0v) is 14.5. The first-order valence-electron chi connectivity index (χ1n) is 8.06. The first-order chi connectivity index (χ1) is 13.9. The van der Waals surface area contributed by atoms with Crippen LogP contribution in [-0.4, -0.2) is 38.3 Å². The molecule has 0 saturated heterocycles. The molecule has 0 aliphatic heterocycles. The van der Waals surface area contributed by atoms with Crippen molar-refractivity contribution in [2.75, 3.05) is 0 Å². The minimum absolute atomic E-state index is 0.0746. The van der Waals surface area contributed by atoms with E-state index in [0.29, 0.717) is 18.5 Å². The van der Waals surface area contributed by atoms with Crippen LogP contribution in [0.4, 0.5) is 30.7 Å². The highest BCUT2D eigenvalue weighted by Gasteiger charge is 2.47. The van der Waals surface area contributed by atoms with E-state index < -0.39 is 46.9 Å². The van der Waals surface area contributed by atoms with Crippen LogP contribution in [0.3, 0.4) is 0 Å². The van der Waals surface area contributed by atoms with Crippen LogP contribution in [0.15, 0.2) is 54.7 Å². The van der Waals surface area contributed by atoms with Gasteiger partial charge in [-0.05, 0) is 18.2 Å². The Kier molecular flexibility index (Phi) is 5.31. The maximum absolute atomic E-state index is 15.9. The number of halogens is 7. The normalized spacial score (nSPS) is 21.8. The molecule has 13 heteroatoms. The van der Waals surface area contributed by atoms with Crippen LogP contribution in [0.25, 0.3) is 0 Å². The first kappa shape index (κ1) is 21.3. The number of rotatable bonds is 3. The molecule has 3 rings (SSSR count). The van der Waals surface area contributed by atoms with Gasteiger partial charge < -0.3 is 5.32 Å². The lowest BCUT2D eigenvalue weighted by Gasteiger charge is -2.33. The maximum Gasteiger partial charge on any atom is 0.433 e. The molecule has 1 aliphatic carbocycles. The Hall–Kier alpha value is -3.38. The molecule has 1 N–H and O–H groups in total. The largest absolute Gasteiger partial charge is 0.433 e. The average molecular weight is 433 g/mol. The van der Waals surface area contributed by atoms with E-state index in [4.69, 9.17) is 0 Å². The molecule has 0 fully saturated rings. The van der Waals surface area contributed by atoms with Gasteiger partial charge in [-0.2, -0.15) is 36.5 Å². The van der Waals surface area contributed by atoms with Crippen molar-refractivity contribution in [2.45, 2.75) is 24.1 Å². The third-order valence-corrected chi connectivity index (χ3v) is 4.10. The van der Waals surface area contributed by atoms with Crippen LogP contribution < -0.4 is 5.32 Å². The lowest BCUT2D eigenvalue weighted by atomic mass is 9.84. The molecule has 2 aromatic heterocycles. The van der Waals surface area contributed by atoms with Crippen LogP contribution >= 0.6 is 0 Å². The van der Waals surface area contributed by atoms with Gasteiger partial charge in [-0.15, -0.1) is 0 Å². The Labute approximate surface area is 163 Å². The summed E-state index contributed by atoms with van der Waals surface area (Å²) >= 11 is 0. The Bertz CT molecular complexity index is 1000. The summed E-state index contributed by atoms with van der Waals surface area (Å²) in [5, 5.41) is 9.02. The van der Waals surface area contributed by atoms with Crippen LogP contribution in [-0.2, 0) is 11.8 Å². The van der Waals surface area contributed by atoms with Gasteiger partial charge in [0.05, 0.1) is 35.3 Å². The fourth-order valence-corrected chi connectivity index (χ4v) is 2.64. The second-order valence-electron chi connectivity index (χ2n) is 6.09. The van der Waals surface area contributed by atoms with Crippen molar-refractivity contribution in [3.63, 3.8) is 0 Å². The van der Waals surface area contributed by atoms with Crippen molar-refractivity contribution in [1.29, 1.82) is 0 Å². The number of alkyl halides is 7. The number of carbonyl (C=O) groups excluding carboxylic acids is 1. The summed E-state index contributed by atoms with van der Waals surface area (Å²) in [6, 6.07) is -0.407. The minimum atomic E-state index is -4.99. The van der Waals surface area contributed by atoms with E-state index in [1.54, 1.807) is 0 Å². The van der Waals surface area contributed by atoms with Gasteiger partial charge in [0.1, 0.15) is 12.0 Å². The van der Waals surface area contributed by atoms with Crippen molar-refractivity contribution in [1.82, 2.24) is 25.5 Å². The molecule has 0 aromatic carbocycles. The summed E-state index contributed by atoms with van der Waals surface area (Å²) in [5.74, 6) is -0.935. The molecule has 2 heterocycles. The monoisotopic (exact) mass is 433 g/mol. The highest BCUT2D eigenvalue weighted by molar-refractivity contribution is 5.94. The second kappa shape index (κ2) is 7.46. The molecule has 2 atom stereocenters. The zero-order valence-electron chi connectivity index (χ0n) is 14.5. The third kappa shape index (κ3) is 4.28. The predicted octanol–water partition coefficient (Wildman–Crippen LogP) is 3.31. The SMILES string of the molecule is O=C(NC1C=CC(C(F)(F)F)=CC1(F)c1cc(C(F)(F)F)ncn1)c1ccnnc1. The average Bonchev–Trinajstić information content (AvgIpc) is 2.69. The van der Waals surface area contributed by atoms with Gasteiger partial charge in [-0.3, -0.25) is 4.79 Å².